The van der Waals surface area contributed by atoms with E-state index in [9.17, 15) is 0 Å². The molecule has 0 fully saturated rings. The maximum Gasteiger partial charge on any atom is 0.0644 e. The largest absolute Gasteiger partial charge is 0.268 e. The van der Waals surface area contributed by atoms with Crippen molar-refractivity contribution in [1.29, 1.82) is 0 Å². The molecule has 0 amide bonds. The van der Waals surface area contributed by atoms with Crippen LogP contribution in [-0.2, 0) is 12.4 Å². The van der Waals surface area contributed by atoms with Crippen LogP contribution in [-0.4, -0.2) is 9.78 Å². The van der Waals surface area contributed by atoms with Crippen molar-refractivity contribution in [3.63, 3.8) is 0 Å². The van der Waals surface area contributed by atoms with Crippen molar-refractivity contribution >= 4 is 11.6 Å². The molecule has 0 aromatic carbocycles. The van der Waals surface area contributed by atoms with Crippen LogP contribution in [0.1, 0.15) is 19.5 Å². The third kappa shape index (κ3) is 2.22. The van der Waals surface area contributed by atoms with Crippen LogP contribution in [0.5, 0.6) is 0 Å². The number of aromatic nitrogens is 2. The number of alkyl halides is 1. The molecule has 0 aliphatic rings. The average Bonchev–Trinajstić information content (AvgIpc) is 2.34. The average molecular weight is 173 g/mol. The van der Waals surface area contributed by atoms with Crippen molar-refractivity contribution in [2.24, 2.45) is 5.92 Å². The van der Waals surface area contributed by atoms with Gasteiger partial charge in [0.25, 0.3) is 0 Å². The van der Waals surface area contributed by atoms with Crippen LogP contribution in [0, 0.1) is 5.92 Å². The van der Waals surface area contributed by atoms with E-state index in [0.29, 0.717) is 11.8 Å². The molecule has 0 atom stereocenters. The fraction of sp³-hybridized carbons (Fsp3) is 0.625. The van der Waals surface area contributed by atoms with E-state index in [1.165, 1.54) is 0 Å². The Morgan fingerprint density at radius 3 is 2.91 bits per heavy atom. The van der Waals surface area contributed by atoms with Crippen molar-refractivity contribution < 1.29 is 0 Å². The maximum atomic E-state index is 5.70. The zero-order chi connectivity index (χ0) is 8.27. The lowest BCUT2D eigenvalue weighted by atomic mass is 10.2. The molecule has 1 aromatic heterocycles. The Hall–Kier alpha value is -0.500. The molecular weight excluding hydrogens is 160 g/mol. The lowest BCUT2D eigenvalue weighted by Gasteiger charge is -2.07. The highest BCUT2D eigenvalue weighted by atomic mass is 35.5. The molecule has 0 saturated heterocycles. The monoisotopic (exact) mass is 172 g/mol. The van der Waals surface area contributed by atoms with Crippen LogP contribution < -0.4 is 0 Å². The molecule has 11 heavy (non-hydrogen) atoms. The Kier molecular flexibility index (Phi) is 2.94. The molecule has 0 saturated carbocycles. The molecule has 0 unspecified atom stereocenters. The van der Waals surface area contributed by atoms with Crippen molar-refractivity contribution in [2.75, 3.05) is 0 Å². The molecule has 1 heterocycles. The topological polar surface area (TPSA) is 17.8 Å². The van der Waals surface area contributed by atoms with Crippen molar-refractivity contribution in [1.82, 2.24) is 9.78 Å². The van der Waals surface area contributed by atoms with Crippen LogP contribution in [0.25, 0.3) is 0 Å². The van der Waals surface area contributed by atoms with Gasteiger partial charge in [-0.15, -0.1) is 11.6 Å². The lowest BCUT2D eigenvalue weighted by Crippen LogP contribution is -2.08. The summed E-state index contributed by atoms with van der Waals surface area (Å²) in [7, 11) is 0. The first-order valence-electron chi connectivity index (χ1n) is 3.80. The van der Waals surface area contributed by atoms with E-state index >= 15 is 0 Å². The number of halogens is 1. The summed E-state index contributed by atoms with van der Waals surface area (Å²) >= 11 is 5.70. The second-order valence-corrected chi connectivity index (χ2v) is 3.30. The molecule has 0 radical (unpaired) electrons. The van der Waals surface area contributed by atoms with Gasteiger partial charge in [0.05, 0.1) is 11.6 Å². The number of hydrogen-bond donors (Lipinski definition) is 0. The Morgan fingerprint density at radius 2 is 2.36 bits per heavy atom. The highest BCUT2D eigenvalue weighted by molar-refractivity contribution is 6.16. The summed E-state index contributed by atoms with van der Waals surface area (Å²) in [5.41, 5.74) is 1.10. The molecule has 1 rings (SSSR count). The second kappa shape index (κ2) is 3.77. The van der Waals surface area contributed by atoms with Gasteiger partial charge in [0, 0.05) is 12.7 Å². The van der Waals surface area contributed by atoms with E-state index < -0.39 is 0 Å². The molecule has 2 nitrogen and oxygen atoms in total. The Bertz CT molecular complexity index is 218. The van der Waals surface area contributed by atoms with Gasteiger partial charge in [0.15, 0.2) is 0 Å². The van der Waals surface area contributed by atoms with Crippen LogP contribution in [0.2, 0.25) is 0 Å². The van der Waals surface area contributed by atoms with E-state index in [1.807, 2.05) is 10.7 Å². The summed E-state index contributed by atoms with van der Waals surface area (Å²) < 4.78 is 1.96. The van der Waals surface area contributed by atoms with Gasteiger partial charge in [-0.1, -0.05) is 13.8 Å². The summed E-state index contributed by atoms with van der Waals surface area (Å²) in [5, 5.41) is 4.16. The van der Waals surface area contributed by atoms with Gasteiger partial charge in [-0.2, -0.15) is 5.10 Å². The quantitative estimate of drug-likeness (QED) is 0.640. The second-order valence-electron chi connectivity index (χ2n) is 3.03. The van der Waals surface area contributed by atoms with Crippen molar-refractivity contribution in [3.05, 3.63) is 18.0 Å². The summed E-state index contributed by atoms with van der Waals surface area (Å²) in [6, 6.07) is 1.95. The number of rotatable bonds is 3. The Labute approximate surface area is 72.2 Å². The Morgan fingerprint density at radius 1 is 1.64 bits per heavy atom. The molecule has 0 aliphatic carbocycles. The van der Waals surface area contributed by atoms with Gasteiger partial charge in [-0.05, 0) is 12.0 Å². The lowest BCUT2D eigenvalue weighted by molar-refractivity contribution is 0.473. The fourth-order valence-corrected chi connectivity index (χ4v) is 1.21. The molecule has 0 N–H and O–H groups in total. The molecular formula is C8H13ClN2. The first kappa shape index (κ1) is 8.60. The van der Waals surface area contributed by atoms with E-state index in [4.69, 9.17) is 11.6 Å². The minimum Gasteiger partial charge on any atom is -0.268 e. The zero-order valence-corrected chi connectivity index (χ0v) is 7.67. The molecule has 1 aromatic rings. The SMILES string of the molecule is CC(C)Cn1nccc1CCl. The predicted molar refractivity (Wildman–Crippen MR) is 46.6 cm³/mol. The minimum atomic E-state index is 0.548. The summed E-state index contributed by atoms with van der Waals surface area (Å²) in [4.78, 5) is 0. The number of nitrogens with zero attached hydrogens (tertiary/aromatic N) is 2. The Balaban J connectivity index is 2.68. The van der Waals surface area contributed by atoms with Gasteiger partial charge < -0.3 is 0 Å². The normalized spacial score (nSPS) is 10.9. The summed E-state index contributed by atoms with van der Waals surface area (Å²) in [6.07, 6.45) is 1.79. The number of hydrogen-bond acceptors (Lipinski definition) is 1. The van der Waals surface area contributed by atoms with Gasteiger partial charge in [-0.3, -0.25) is 4.68 Å². The molecule has 62 valence electrons. The van der Waals surface area contributed by atoms with E-state index in [2.05, 4.69) is 18.9 Å². The van der Waals surface area contributed by atoms with Crippen LogP contribution >= 0.6 is 11.6 Å². The van der Waals surface area contributed by atoms with Gasteiger partial charge in [0.2, 0.25) is 0 Å². The third-order valence-electron chi connectivity index (χ3n) is 1.48. The third-order valence-corrected chi connectivity index (χ3v) is 1.75. The molecule has 0 bridgehead atoms. The highest BCUT2D eigenvalue weighted by Gasteiger charge is 2.01. The van der Waals surface area contributed by atoms with E-state index in [-0.39, 0.29) is 0 Å². The van der Waals surface area contributed by atoms with Crippen molar-refractivity contribution in [3.8, 4) is 0 Å². The van der Waals surface area contributed by atoms with Gasteiger partial charge in [-0.25, -0.2) is 0 Å². The van der Waals surface area contributed by atoms with Crippen LogP contribution in [0.3, 0.4) is 0 Å². The first-order chi connectivity index (χ1) is 5.24. The van der Waals surface area contributed by atoms with Crippen LogP contribution in [0.4, 0.5) is 0 Å². The first-order valence-corrected chi connectivity index (χ1v) is 4.34. The minimum absolute atomic E-state index is 0.548. The fourth-order valence-electron chi connectivity index (χ4n) is 0.984. The van der Waals surface area contributed by atoms with Gasteiger partial charge >= 0.3 is 0 Å². The standard InChI is InChI=1S/C8H13ClN2/c1-7(2)6-11-8(5-9)3-4-10-11/h3-4,7H,5-6H2,1-2H3. The molecule has 3 heteroatoms. The highest BCUT2D eigenvalue weighted by Crippen LogP contribution is 2.05. The zero-order valence-electron chi connectivity index (χ0n) is 6.92. The van der Waals surface area contributed by atoms with Gasteiger partial charge in [0.1, 0.15) is 0 Å². The predicted octanol–water partition coefficient (Wildman–Crippen LogP) is 2.28. The molecule has 0 spiro atoms. The van der Waals surface area contributed by atoms with Crippen LogP contribution in [0.15, 0.2) is 12.3 Å². The maximum absolute atomic E-state index is 5.70. The summed E-state index contributed by atoms with van der Waals surface area (Å²) in [5.74, 6) is 1.17. The smallest absolute Gasteiger partial charge is 0.0644 e. The van der Waals surface area contributed by atoms with E-state index in [1.54, 1.807) is 6.20 Å². The molecule has 0 aliphatic heterocycles. The van der Waals surface area contributed by atoms with Crippen molar-refractivity contribution in [2.45, 2.75) is 26.3 Å². The van der Waals surface area contributed by atoms with E-state index in [0.717, 1.165) is 12.2 Å². The summed E-state index contributed by atoms with van der Waals surface area (Å²) in [6.45, 7) is 5.29.